The summed E-state index contributed by atoms with van der Waals surface area (Å²) >= 11 is 0. The zero-order valence-corrected chi connectivity index (χ0v) is 14.0. The highest BCUT2D eigenvalue weighted by Gasteiger charge is 2.21. The number of amides is 1. The van der Waals surface area contributed by atoms with Crippen molar-refractivity contribution in [3.63, 3.8) is 0 Å². The van der Waals surface area contributed by atoms with Gasteiger partial charge in [0.15, 0.2) is 6.61 Å². The lowest BCUT2D eigenvalue weighted by molar-refractivity contribution is -0.118. The molecule has 0 aliphatic heterocycles. The van der Waals surface area contributed by atoms with Crippen molar-refractivity contribution in [2.45, 2.75) is 32.0 Å². The van der Waals surface area contributed by atoms with Crippen molar-refractivity contribution < 1.29 is 28.2 Å². The number of halogens is 2. The number of aliphatic hydroxyl groups is 1. The third-order valence-corrected chi connectivity index (χ3v) is 4.15. The summed E-state index contributed by atoms with van der Waals surface area (Å²) in [4.78, 5) is 12.0. The summed E-state index contributed by atoms with van der Waals surface area (Å²) in [5.74, 6) is 0.238. The highest BCUT2D eigenvalue weighted by molar-refractivity contribution is 5.91. The Morgan fingerprint density at radius 3 is 2.73 bits per heavy atom. The van der Waals surface area contributed by atoms with Gasteiger partial charge in [-0.2, -0.15) is 8.78 Å². The average molecular weight is 363 g/mol. The molecular weight excluding hydrogens is 344 g/mol. The SMILES string of the molecule is O=C(COc1cccc2c1CCCC2O)Nc1ccc(OC(F)F)cc1. The molecule has 0 bridgehead atoms. The largest absolute Gasteiger partial charge is 0.483 e. The summed E-state index contributed by atoms with van der Waals surface area (Å²) in [5.41, 5.74) is 2.24. The second-order valence-electron chi connectivity index (χ2n) is 5.97. The predicted octanol–water partition coefficient (Wildman–Crippen LogP) is 3.68. The van der Waals surface area contributed by atoms with Gasteiger partial charge in [-0.3, -0.25) is 4.79 Å². The molecule has 2 aromatic carbocycles. The van der Waals surface area contributed by atoms with E-state index in [2.05, 4.69) is 10.1 Å². The van der Waals surface area contributed by atoms with Gasteiger partial charge in [0.1, 0.15) is 11.5 Å². The van der Waals surface area contributed by atoms with Crippen molar-refractivity contribution in [1.82, 2.24) is 0 Å². The maximum atomic E-state index is 12.1. The molecule has 0 heterocycles. The number of rotatable bonds is 6. The zero-order chi connectivity index (χ0) is 18.5. The van der Waals surface area contributed by atoms with Crippen LogP contribution in [-0.4, -0.2) is 24.2 Å². The quantitative estimate of drug-likeness (QED) is 0.822. The van der Waals surface area contributed by atoms with Crippen LogP contribution in [0.3, 0.4) is 0 Å². The van der Waals surface area contributed by atoms with E-state index in [9.17, 15) is 18.7 Å². The highest BCUT2D eigenvalue weighted by atomic mass is 19.3. The summed E-state index contributed by atoms with van der Waals surface area (Å²) in [7, 11) is 0. The van der Waals surface area contributed by atoms with Crippen LogP contribution >= 0.6 is 0 Å². The number of hydrogen-bond acceptors (Lipinski definition) is 4. The number of nitrogens with one attached hydrogen (secondary N) is 1. The van der Waals surface area contributed by atoms with E-state index >= 15 is 0 Å². The first-order valence-corrected chi connectivity index (χ1v) is 8.30. The smallest absolute Gasteiger partial charge is 0.387 e. The van der Waals surface area contributed by atoms with Crippen LogP contribution in [0.4, 0.5) is 14.5 Å². The van der Waals surface area contributed by atoms with Crippen molar-refractivity contribution in [3.8, 4) is 11.5 Å². The van der Waals surface area contributed by atoms with Crippen LogP contribution in [0.25, 0.3) is 0 Å². The van der Waals surface area contributed by atoms with Crippen LogP contribution in [0, 0.1) is 0 Å². The van der Waals surface area contributed by atoms with Crippen LogP contribution in [0.1, 0.15) is 30.1 Å². The molecule has 1 amide bonds. The van der Waals surface area contributed by atoms with Crippen LogP contribution in [0.2, 0.25) is 0 Å². The lowest BCUT2D eigenvalue weighted by atomic mass is 9.89. The minimum absolute atomic E-state index is 0.0173. The Bertz CT molecular complexity index is 765. The standard InChI is InChI=1S/C19H19F2NO4/c20-19(21)26-13-9-7-12(8-10-13)22-18(24)11-25-17-6-2-3-14-15(17)4-1-5-16(14)23/h2-3,6-10,16,19,23H,1,4-5,11H2,(H,22,24). The van der Waals surface area contributed by atoms with E-state index in [-0.39, 0.29) is 18.3 Å². The number of aliphatic hydroxyl groups excluding tert-OH is 1. The third kappa shape index (κ3) is 4.49. The predicted molar refractivity (Wildman–Crippen MR) is 91.5 cm³/mol. The molecule has 0 aromatic heterocycles. The van der Waals surface area contributed by atoms with Gasteiger partial charge in [-0.05, 0) is 60.7 Å². The molecule has 1 atom stereocenters. The first-order valence-electron chi connectivity index (χ1n) is 8.30. The van der Waals surface area contributed by atoms with Gasteiger partial charge in [-0.15, -0.1) is 0 Å². The zero-order valence-electron chi connectivity index (χ0n) is 14.0. The number of fused-ring (bicyclic) bond motifs is 1. The summed E-state index contributed by atoms with van der Waals surface area (Å²) in [6.45, 7) is -3.08. The number of alkyl halides is 2. The first-order chi connectivity index (χ1) is 12.5. The Hall–Kier alpha value is -2.67. The van der Waals surface area contributed by atoms with Crippen LogP contribution in [0.15, 0.2) is 42.5 Å². The van der Waals surface area contributed by atoms with Gasteiger partial charge >= 0.3 is 6.61 Å². The number of carbonyl (C=O) groups is 1. The molecule has 0 radical (unpaired) electrons. The minimum atomic E-state index is -2.89. The molecule has 0 spiro atoms. The summed E-state index contributed by atoms with van der Waals surface area (Å²) < 4.78 is 34.1. The summed E-state index contributed by atoms with van der Waals surface area (Å²) in [6.07, 6.45) is 1.90. The monoisotopic (exact) mass is 363 g/mol. The Balaban J connectivity index is 1.57. The highest BCUT2D eigenvalue weighted by Crippen LogP contribution is 2.35. The third-order valence-electron chi connectivity index (χ3n) is 4.15. The Labute approximate surface area is 149 Å². The van der Waals surface area contributed by atoms with Crippen molar-refractivity contribution in [2.24, 2.45) is 0 Å². The molecule has 0 fully saturated rings. The van der Waals surface area contributed by atoms with Crippen molar-refractivity contribution in [3.05, 3.63) is 53.6 Å². The molecule has 138 valence electrons. The van der Waals surface area contributed by atoms with Gasteiger partial charge in [0.05, 0.1) is 6.10 Å². The Morgan fingerprint density at radius 2 is 2.00 bits per heavy atom. The summed E-state index contributed by atoms with van der Waals surface area (Å²) in [5, 5.41) is 12.7. The molecule has 3 rings (SSSR count). The molecule has 2 N–H and O–H groups in total. The lowest BCUT2D eigenvalue weighted by Crippen LogP contribution is -2.21. The van der Waals surface area contributed by atoms with E-state index in [1.807, 2.05) is 6.07 Å². The first kappa shape index (κ1) is 18.1. The molecule has 1 unspecified atom stereocenters. The second-order valence-corrected chi connectivity index (χ2v) is 5.97. The van der Waals surface area contributed by atoms with E-state index < -0.39 is 12.7 Å². The fourth-order valence-corrected chi connectivity index (χ4v) is 2.99. The minimum Gasteiger partial charge on any atom is -0.483 e. The molecule has 0 saturated carbocycles. The van der Waals surface area contributed by atoms with Crippen molar-refractivity contribution in [2.75, 3.05) is 11.9 Å². The topological polar surface area (TPSA) is 67.8 Å². The number of ether oxygens (including phenoxy) is 2. The maximum Gasteiger partial charge on any atom is 0.387 e. The molecule has 1 aliphatic rings. The van der Waals surface area contributed by atoms with Gasteiger partial charge < -0.3 is 19.9 Å². The molecule has 5 nitrogen and oxygen atoms in total. The molecular formula is C19H19F2NO4. The van der Waals surface area contributed by atoms with E-state index in [0.29, 0.717) is 11.4 Å². The maximum absolute atomic E-state index is 12.1. The van der Waals surface area contributed by atoms with Crippen LogP contribution in [-0.2, 0) is 11.2 Å². The second kappa shape index (κ2) is 8.14. The van der Waals surface area contributed by atoms with E-state index in [1.54, 1.807) is 12.1 Å². The van der Waals surface area contributed by atoms with Gasteiger partial charge in [0, 0.05) is 5.69 Å². The molecule has 1 aliphatic carbocycles. The van der Waals surface area contributed by atoms with Gasteiger partial charge in [0.2, 0.25) is 0 Å². The number of anilines is 1. The molecule has 0 saturated heterocycles. The van der Waals surface area contributed by atoms with Crippen LogP contribution in [0.5, 0.6) is 11.5 Å². The Kier molecular flexibility index (Phi) is 5.68. The number of hydrogen-bond donors (Lipinski definition) is 2. The van der Waals surface area contributed by atoms with Gasteiger partial charge in [-0.25, -0.2) is 0 Å². The van der Waals surface area contributed by atoms with Gasteiger partial charge in [0.25, 0.3) is 5.91 Å². The fraction of sp³-hybridized carbons (Fsp3) is 0.316. The number of benzene rings is 2. The van der Waals surface area contributed by atoms with E-state index in [4.69, 9.17) is 4.74 Å². The lowest BCUT2D eigenvalue weighted by Gasteiger charge is -2.23. The van der Waals surface area contributed by atoms with E-state index in [1.165, 1.54) is 24.3 Å². The van der Waals surface area contributed by atoms with Crippen molar-refractivity contribution >= 4 is 11.6 Å². The van der Waals surface area contributed by atoms with Crippen LogP contribution < -0.4 is 14.8 Å². The van der Waals surface area contributed by atoms with Gasteiger partial charge in [-0.1, -0.05) is 12.1 Å². The molecule has 7 heteroatoms. The fourth-order valence-electron chi connectivity index (χ4n) is 2.99. The molecule has 26 heavy (non-hydrogen) atoms. The average Bonchev–Trinajstić information content (AvgIpc) is 2.62. The summed E-state index contributed by atoms with van der Waals surface area (Å²) in [6, 6.07) is 11.1. The van der Waals surface area contributed by atoms with Crippen molar-refractivity contribution in [1.29, 1.82) is 0 Å². The van der Waals surface area contributed by atoms with E-state index in [0.717, 1.165) is 30.4 Å². The molecule has 2 aromatic rings. The normalized spacial score (nSPS) is 16.1. The Morgan fingerprint density at radius 1 is 1.23 bits per heavy atom. The number of carbonyl (C=O) groups excluding carboxylic acids is 1.